The van der Waals surface area contributed by atoms with Crippen LogP contribution in [0.2, 0.25) is 0 Å². The van der Waals surface area contributed by atoms with Gasteiger partial charge < -0.3 is 20.7 Å². The highest BCUT2D eigenvalue weighted by atomic mass is 32.2. The van der Waals surface area contributed by atoms with E-state index in [4.69, 9.17) is 4.74 Å². The van der Waals surface area contributed by atoms with Crippen molar-refractivity contribution >= 4 is 63.6 Å². The third-order valence-corrected chi connectivity index (χ3v) is 11.8. The lowest BCUT2D eigenvalue weighted by Crippen LogP contribution is -2.30. The molecule has 0 aliphatic carbocycles. The summed E-state index contributed by atoms with van der Waals surface area (Å²) in [7, 11) is 1.34. The number of halogens is 1. The Kier molecular flexibility index (Phi) is 12.9. The minimum atomic E-state index is -0.756. The van der Waals surface area contributed by atoms with Gasteiger partial charge in [0.15, 0.2) is 0 Å². The standard InChI is InChI=1S/C46H39FN4O5S2/c1-56-46(55)40-36-24-25-51(28-30-14-5-2-6-15-30)29-39(36)58-45(40)50-44(54)41(31-16-7-3-8-17-31)57-35-22-13-21-34(27-35)48-43(53)38(26-33-20-11-12-23-37(33)47)49-42(52)32-18-9-4-10-19-32/h2-23,26-27,41H,24-25,28-29H2,1H3,(H,48,53)(H,49,52)(H,50,54)/b38-26-. The molecule has 12 heteroatoms. The Morgan fingerprint density at radius 2 is 1.53 bits per heavy atom. The molecule has 5 aromatic carbocycles. The van der Waals surface area contributed by atoms with Gasteiger partial charge in [-0.2, -0.15) is 0 Å². The number of hydrogen-bond donors (Lipinski definition) is 3. The number of carbonyl (C=O) groups excluding carboxylic acids is 4. The zero-order valence-electron chi connectivity index (χ0n) is 31.4. The van der Waals surface area contributed by atoms with Gasteiger partial charge in [-0.1, -0.05) is 103 Å². The van der Waals surface area contributed by atoms with Crippen molar-refractivity contribution in [2.24, 2.45) is 0 Å². The van der Waals surface area contributed by atoms with E-state index in [1.807, 2.05) is 54.6 Å². The molecular weight excluding hydrogens is 772 g/mol. The topological polar surface area (TPSA) is 117 Å². The predicted molar refractivity (Wildman–Crippen MR) is 227 cm³/mol. The van der Waals surface area contributed by atoms with Crippen LogP contribution in [-0.4, -0.2) is 42.2 Å². The number of hydrogen-bond acceptors (Lipinski definition) is 8. The predicted octanol–water partition coefficient (Wildman–Crippen LogP) is 9.11. The SMILES string of the molecule is COC(=O)c1c(NC(=O)C(Sc2cccc(NC(=O)/C(=C/c3ccccc3F)NC(=O)c3ccccc3)c2)c2ccccc2)sc2c1CCN(Cc1ccccc1)C2. The molecule has 0 spiro atoms. The number of methoxy groups -OCH3 is 1. The number of carbonyl (C=O) groups is 4. The summed E-state index contributed by atoms with van der Waals surface area (Å²) >= 11 is 2.66. The number of benzene rings is 5. The summed E-state index contributed by atoms with van der Waals surface area (Å²) in [6, 6.07) is 40.8. The molecule has 0 radical (unpaired) electrons. The van der Waals surface area contributed by atoms with Gasteiger partial charge in [-0.15, -0.1) is 23.1 Å². The molecule has 1 unspecified atom stereocenters. The van der Waals surface area contributed by atoms with Gasteiger partial charge >= 0.3 is 5.97 Å². The van der Waals surface area contributed by atoms with Crippen LogP contribution >= 0.6 is 23.1 Å². The molecule has 0 saturated heterocycles. The van der Waals surface area contributed by atoms with E-state index in [2.05, 4.69) is 33.0 Å². The summed E-state index contributed by atoms with van der Waals surface area (Å²) in [5.74, 6) is -2.61. The molecule has 1 aromatic heterocycles. The van der Waals surface area contributed by atoms with Crippen LogP contribution in [0, 0.1) is 5.82 Å². The summed E-state index contributed by atoms with van der Waals surface area (Å²) in [5.41, 5.74) is 3.87. The van der Waals surface area contributed by atoms with E-state index < -0.39 is 28.9 Å². The Labute approximate surface area is 343 Å². The third kappa shape index (κ3) is 9.78. The van der Waals surface area contributed by atoms with Crippen LogP contribution in [0.15, 0.2) is 150 Å². The van der Waals surface area contributed by atoms with Crippen molar-refractivity contribution in [1.82, 2.24) is 10.2 Å². The van der Waals surface area contributed by atoms with Crippen molar-refractivity contribution in [2.45, 2.75) is 29.7 Å². The Morgan fingerprint density at radius 3 is 2.26 bits per heavy atom. The molecule has 7 rings (SSSR count). The maximum atomic E-state index is 14.7. The van der Waals surface area contributed by atoms with Gasteiger partial charge in [0.1, 0.15) is 21.8 Å². The molecular formula is C46H39FN4O5S2. The first-order valence-corrected chi connectivity index (χ1v) is 20.2. The van der Waals surface area contributed by atoms with Crippen molar-refractivity contribution in [3.05, 3.63) is 189 Å². The van der Waals surface area contributed by atoms with Crippen LogP contribution in [0.25, 0.3) is 6.08 Å². The smallest absolute Gasteiger partial charge is 0.341 e. The highest BCUT2D eigenvalue weighted by Gasteiger charge is 2.31. The van der Waals surface area contributed by atoms with Crippen LogP contribution < -0.4 is 16.0 Å². The van der Waals surface area contributed by atoms with E-state index in [9.17, 15) is 23.6 Å². The minimum absolute atomic E-state index is 0.119. The third-order valence-electron chi connectivity index (χ3n) is 9.43. The lowest BCUT2D eigenvalue weighted by atomic mass is 10.0. The van der Waals surface area contributed by atoms with E-state index in [-0.39, 0.29) is 17.2 Å². The Morgan fingerprint density at radius 1 is 0.845 bits per heavy atom. The number of ether oxygens (including phenoxy) is 1. The van der Waals surface area contributed by atoms with E-state index in [0.29, 0.717) is 39.7 Å². The highest BCUT2D eigenvalue weighted by Crippen LogP contribution is 2.41. The van der Waals surface area contributed by atoms with Gasteiger partial charge in [-0.3, -0.25) is 19.3 Å². The summed E-state index contributed by atoms with van der Waals surface area (Å²) in [6.45, 7) is 2.16. The Balaban J connectivity index is 1.12. The zero-order chi connectivity index (χ0) is 40.4. The summed E-state index contributed by atoms with van der Waals surface area (Å²) in [5, 5.41) is 8.22. The van der Waals surface area contributed by atoms with Gasteiger partial charge in [0.25, 0.3) is 11.8 Å². The fraction of sp³-hybridized carbons (Fsp3) is 0.130. The van der Waals surface area contributed by atoms with Gasteiger partial charge in [0.05, 0.1) is 12.7 Å². The first-order chi connectivity index (χ1) is 28.2. The maximum absolute atomic E-state index is 14.7. The second-order valence-electron chi connectivity index (χ2n) is 13.4. The summed E-state index contributed by atoms with van der Waals surface area (Å²) in [6.07, 6.45) is 1.92. The Bertz CT molecular complexity index is 2460. The van der Waals surface area contributed by atoms with Gasteiger partial charge in [-0.05, 0) is 65.6 Å². The lowest BCUT2D eigenvalue weighted by Gasteiger charge is -2.27. The average molecular weight is 811 g/mol. The van der Waals surface area contributed by atoms with E-state index in [1.54, 1.807) is 54.6 Å². The van der Waals surface area contributed by atoms with Crippen molar-refractivity contribution < 1.29 is 28.3 Å². The van der Waals surface area contributed by atoms with E-state index in [1.165, 1.54) is 60.0 Å². The number of nitrogens with one attached hydrogen (secondary N) is 3. The van der Waals surface area contributed by atoms with Gasteiger partial charge in [0, 0.05) is 46.2 Å². The molecule has 9 nitrogen and oxygen atoms in total. The molecule has 58 heavy (non-hydrogen) atoms. The number of amides is 3. The fourth-order valence-corrected chi connectivity index (χ4v) is 8.95. The second-order valence-corrected chi connectivity index (χ2v) is 15.7. The minimum Gasteiger partial charge on any atom is -0.465 e. The van der Waals surface area contributed by atoms with Gasteiger partial charge in [-0.25, -0.2) is 9.18 Å². The molecule has 3 amide bonds. The summed E-state index contributed by atoms with van der Waals surface area (Å²) in [4.78, 5) is 58.4. The molecule has 1 atom stereocenters. The van der Waals surface area contributed by atoms with Gasteiger partial charge in [0.2, 0.25) is 5.91 Å². The summed E-state index contributed by atoms with van der Waals surface area (Å²) < 4.78 is 19.9. The molecule has 1 aliphatic rings. The molecule has 1 aliphatic heterocycles. The molecule has 0 fully saturated rings. The number of fused-ring (bicyclic) bond motifs is 1. The van der Waals surface area contributed by atoms with Crippen molar-refractivity contribution in [3.63, 3.8) is 0 Å². The molecule has 0 saturated carbocycles. The van der Waals surface area contributed by atoms with Crippen LogP contribution in [0.4, 0.5) is 15.1 Å². The van der Waals surface area contributed by atoms with Crippen molar-refractivity contribution in [3.8, 4) is 0 Å². The largest absolute Gasteiger partial charge is 0.465 e. The molecule has 2 heterocycles. The number of nitrogens with zero attached hydrogens (tertiary/aromatic N) is 1. The molecule has 0 bridgehead atoms. The number of rotatable bonds is 13. The first kappa shape index (κ1) is 39.9. The maximum Gasteiger partial charge on any atom is 0.341 e. The number of esters is 1. The molecule has 3 N–H and O–H groups in total. The first-order valence-electron chi connectivity index (χ1n) is 18.5. The van der Waals surface area contributed by atoms with Crippen molar-refractivity contribution in [1.29, 1.82) is 0 Å². The highest BCUT2D eigenvalue weighted by molar-refractivity contribution is 8.00. The Hall–Kier alpha value is -6.34. The average Bonchev–Trinajstić information content (AvgIpc) is 3.60. The van der Waals surface area contributed by atoms with Crippen LogP contribution in [0.1, 0.15) is 53.1 Å². The number of anilines is 2. The fourth-order valence-electron chi connectivity index (χ4n) is 6.59. The van der Waals surface area contributed by atoms with Crippen LogP contribution in [0.5, 0.6) is 0 Å². The van der Waals surface area contributed by atoms with Crippen LogP contribution in [0.3, 0.4) is 0 Å². The normalized spacial score (nSPS) is 13.2. The van der Waals surface area contributed by atoms with Crippen molar-refractivity contribution in [2.75, 3.05) is 24.3 Å². The second kappa shape index (κ2) is 18.7. The molecule has 6 aromatic rings. The van der Waals surface area contributed by atoms with E-state index >= 15 is 0 Å². The number of thioether (sulfide) groups is 1. The lowest BCUT2D eigenvalue weighted by molar-refractivity contribution is -0.116. The quantitative estimate of drug-likeness (QED) is 0.0606. The number of thiophene rings is 1. The zero-order valence-corrected chi connectivity index (χ0v) is 33.1. The van der Waals surface area contributed by atoms with Crippen LogP contribution in [-0.2, 0) is 33.8 Å². The van der Waals surface area contributed by atoms with E-state index in [0.717, 1.165) is 29.1 Å². The monoisotopic (exact) mass is 810 g/mol. The molecule has 292 valence electrons.